The molecule has 0 atom stereocenters. The molecule has 0 radical (unpaired) electrons. The minimum absolute atomic E-state index is 0.131. The lowest BCUT2D eigenvalue weighted by atomic mass is 10.1. The second-order valence-corrected chi connectivity index (χ2v) is 9.10. The number of amides is 1. The molecule has 38 heavy (non-hydrogen) atoms. The van der Waals surface area contributed by atoms with Crippen LogP contribution in [0.4, 0.5) is 11.4 Å². The third-order valence-corrected chi connectivity index (χ3v) is 6.73. The van der Waals surface area contributed by atoms with Crippen molar-refractivity contribution >= 4 is 46.3 Å². The van der Waals surface area contributed by atoms with Crippen LogP contribution in [-0.2, 0) is 4.79 Å². The first kappa shape index (κ1) is 24.9. The van der Waals surface area contributed by atoms with Gasteiger partial charge >= 0.3 is 5.97 Å². The molecule has 0 spiro atoms. The first-order valence-corrected chi connectivity index (χ1v) is 12.3. The standard InChI is InChI=1S/C29H22N2O6S/c1-35-20-11-7-18(8-12-20)30-29-31(19-9-13-21(36-2)14-10-19)27(32)26(38-29)17-22-15-16-25(37-22)23-5-3-4-6-24(23)28(33)34/h3-17H,1-2H3,(H,33,34). The third kappa shape index (κ3) is 5.05. The van der Waals surface area contributed by atoms with Crippen molar-refractivity contribution in [3.63, 3.8) is 0 Å². The Kier molecular flexibility index (Phi) is 7.01. The van der Waals surface area contributed by atoms with Gasteiger partial charge in [0.1, 0.15) is 23.0 Å². The quantitative estimate of drug-likeness (QED) is 0.275. The molecule has 1 saturated heterocycles. The lowest BCUT2D eigenvalue weighted by Crippen LogP contribution is -2.28. The summed E-state index contributed by atoms with van der Waals surface area (Å²) < 4.78 is 16.4. The predicted octanol–water partition coefficient (Wildman–Crippen LogP) is 6.47. The van der Waals surface area contributed by atoms with E-state index < -0.39 is 5.97 Å². The van der Waals surface area contributed by atoms with Crippen molar-refractivity contribution in [1.29, 1.82) is 0 Å². The minimum atomic E-state index is -1.05. The monoisotopic (exact) mass is 526 g/mol. The van der Waals surface area contributed by atoms with E-state index in [0.29, 0.717) is 50.0 Å². The highest BCUT2D eigenvalue weighted by Gasteiger charge is 2.35. The Labute approximate surface area is 222 Å². The first-order chi connectivity index (χ1) is 18.5. The van der Waals surface area contributed by atoms with E-state index in [1.54, 1.807) is 87.0 Å². The number of aliphatic imine (C=N–C) groups is 1. The van der Waals surface area contributed by atoms with Crippen molar-refractivity contribution < 1.29 is 28.6 Å². The van der Waals surface area contributed by atoms with Crippen LogP contribution in [0.5, 0.6) is 11.5 Å². The van der Waals surface area contributed by atoms with Gasteiger partial charge in [-0.25, -0.2) is 9.79 Å². The number of carboxylic acids is 1. The van der Waals surface area contributed by atoms with Gasteiger partial charge in [-0.2, -0.15) is 0 Å². The second kappa shape index (κ2) is 10.7. The highest BCUT2D eigenvalue weighted by molar-refractivity contribution is 8.19. The van der Waals surface area contributed by atoms with Crippen LogP contribution < -0.4 is 14.4 Å². The number of anilines is 1. The number of aromatic carboxylic acids is 1. The Balaban J connectivity index is 1.51. The van der Waals surface area contributed by atoms with Crippen molar-refractivity contribution in [1.82, 2.24) is 0 Å². The van der Waals surface area contributed by atoms with E-state index in [4.69, 9.17) is 18.9 Å². The molecule has 9 heteroatoms. The number of carboxylic acid groups (broad SMARTS) is 1. The second-order valence-electron chi connectivity index (χ2n) is 8.09. The van der Waals surface area contributed by atoms with Gasteiger partial charge < -0.3 is 19.0 Å². The summed E-state index contributed by atoms with van der Waals surface area (Å²) in [5.41, 5.74) is 1.88. The van der Waals surface area contributed by atoms with Gasteiger partial charge in [-0.1, -0.05) is 18.2 Å². The summed E-state index contributed by atoms with van der Waals surface area (Å²) in [6.07, 6.45) is 1.63. The molecule has 3 aromatic carbocycles. The summed E-state index contributed by atoms with van der Waals surface area (Å²) in [4.78, 5) is 31.8. The van der Waals surface area contributed by atoms with Crippen LogP contribution in [0.1, 0.15) is 16.1 Å². The number of ether oxygens (including phenoxy) is 2. The van der Waals surface area contributed by atoms with Gasteiger partial charge in [0.15, 0.2) is 5.17 Å². The molecular formula is C29H22N2O6S. The molecule has 190 valence electrons. The Hall–Kier alpha value is -4.76. The number of amidine groups is 1. The topological polar surface area (TPSA) is 102 Å². The molecule has 1 aliphatic heterocycles. The SMILES string of the molecule is COc1ccc(N=C2SC(=Cc3ccc(-c4ccccc4C(=O)O)o3)C(=O)N2c2ccc(OC)cc2)cc1. The lowest BCUT2D eigenvalue weighted by molar-refractivity contribution is -0.113. The number of carbonyl (C=O) groups is 2. The van der Waals surface area contributed by atoms with Crippen LogP contribution >= 0.6 is 11.8 Å². The third-order valence-electron chi connectivity index (χ3n) is 5.76. The number of carbonyl (C=O) groups excluding carboxylic acids is 1. The summed E-state index contributed by atoms with van der Waals surface area (Å²) in [6, 6.07) is 24.3. The molecule has 1 fully saturated rings. The molecule has 1 amide bonds. The number of methoxy groups -OCH3 is 2. The zero-order valence-electron chi connectivity index (χ0n) is 20.5. The Bertz CT molecular complexity index is 1550. The highest BCUT2D eigenvalue weighted by Crippen LogP contribution is 2.38. The van der Waals surface area contributed by atoms with Gasteiger partial charge in [0.25, 0.3) is 5.91 Å². The van der Waals surface area contributed by atoms with Gasteiger partial charge in [0, 0.05) is 11.6 Å². The first-order valence-electron chi connectivity index (χ1n) is 11.5. The van der Waals surface area contributed by atoms with Crippen molar-refractivity contribution in [2.75, 3.05) is 19.1 Å². The van der Waals surface area contributed by atoms with Gasteiger partial charge in [-0.3, -0.25) is 9.69 Å². The summed E-state index contributed by atoms with van der Waals surface area (Å²) in [5, 5.41) is 9.98. The molecule has 8 nitrogen and oxygen atoms in total. The Morgan fingerprint density at radius 1 is 0.921 bits per heavy atom. The number of rotatable bonds is 7. The molecule has 0 unspecified atom stereocenters. The zero-order valence-corrected chi connectivity index (χ0v) is 21.3. The molecule has 2 heterocycles. The van der Waals surface area contributed by atoms with E-state index in [-0.39, 0.29) is 11.5 Å². The number of furan rings is 1. The maximum atomic E-state index is 13.6. The molecule has 0 bridgehead atoms. The van der Waals surface area contributed by atoms with Crippen LogP contribution in [0.2, 0.25) is 0 Å². The van der Waals surface area contributed by atoms with E-state index >= 15 is 0 Å². The van der Waals surface area contributed by atoms with Crippen molar-refractivity contribution in [3.8, 4) is 22.8 Å². The fourth-order valence-electron chi connectivity index (χ4n) is 3.86. The lowest BCUT2D eigenvalue weighted by Gasteiger charge is -2.16. The number of nitrogens with zero attached hydrogens (tertiary/aromatic N) is 2. The Morgan fingerprint density at radius 2 is 1.58 bits per heavy atom. The highest BCUT2D eigenvalue weighted by atomic mass is 32.2. The van der Waals surface area contributed by atoms with Crippen LogP contribution in [0.3, 0.4) is 0 Å². The largest absolute Gasteiger partial charge is 0.497 e. The molecule has 4 aromatic rings. The van der Waals surface area contributed by atoms with Gasteiger partial charge in [-0.05, 0) is 78.5 Å². The summed E-state index contributed by atoms with van der Waals surface area (Å²) in [7, 11) is 3.17. The van der Waals surface area contributed by atoms with Crippen LogP contribution in [0.25, 0.3) is 17.4 Å². The normalized spacial score (nSPS) is 15.3. The average Bonchev–Trinajstić information content (AvgIpc) is 3.53. The molecular weight excluding hydrogens is 504 g/mol. The molecule has 5 rings (SSSR count). The maximum absolute atomic E-state index is 13.6. The number of hydrogen-bond acceptors (Lipinski definition) is 7. The smallest absolute Gasteiger partial charge is 0.336 e. The number of hydrogen-bond donors (Lipinski definition) is 1. The van der Waals surface area contributed by atoms with E-state index in [2.05, 4.69) is 0 Å². The van der Waals surface area contributed by atoms with Gasteiger partial charge in [0.2, 0.25) is 0 Å². The van der Waals surface area contributed by atoms with Gasteiger partial charge in [0.05, 0.1) is 36.1 Å². The molecule has 1 aliphatic rings. The van der Waals surface area contributed by atoms with E-state index in [1.807, 2.05) is 12.1 Å². The van der Waals surface area contributed by atoms with E-state index in [0.717, 1.165) is 0 Å². The summed E-state index contributed by atoms with van der Waals surface area (Å²) in [5.74, 6) is 0.863. The summed E-state index contributed by atoms with van der Waals surface area (Å²) >= 11 is 1.22. The van der Waals surface area contributed by atoms with Crippen LogP contribution in [0.15, 0.2) is 99.2 Å². The molecule has 0 saturated carbocycles. The number of benzene rings is 3. The summed E-state index contributed by atoms with van der Waals surface area (Å²) in [6.45, 7) is 0. The predicted molar refractivity (Wildman–Crippen MR) is 147 cm³/mol. The van der Waals surface area contributed by atoms with E-state index in [9.17, 15) is 14.7 Å². The van der Waals surface area contributed by atoms with Crippen LogP contribution in [0, 0.1) is 0 Å². The molecule has 1 aromatic heterocycles. The molecule has 1 N–H and O–H groups in total. The fraction of sp³-hybridized carbons (Fsp3) is 0.0690. The Morgan fingerprint density at radius 3 is 2.24 bits per heavy atom. The van der Waals surface area contributed by atoms with Crippen molar-refractivity contribution in [2.24, 2.45) is 4.99 Å². The van der Waals surface area contributed by atoms with E-state index in [1.165, 1.54) is 22.7 Å². The number of thioether (sulfide) groups is 1. The fourth-order valence-corrected chi connectivity index (χ4v) is 4.84. The van der Waals surface area contributed by atoms with Crippen molar-refractivity contribution in [3.05, 3.63) is 101 Å². The maximum Gasteiger partial charge on any atom is 0.336 e. The minimum Gasteiger partial charge on any atom is -0.497 e. The zero-order chi connectivity index (χ0) is 26.6. The van der Waals surface area contributed by atoms with Gasteiger partial charge in [-0.15, -0.1) is 0 Å². The molecule has 0 aliphatic carbocycles. The van der Waals surface area contributed by atoms with Crippen LogP contribution in [-0.4, -0.2) is 36.4 Å². The van der Waals surface area contributed by atoms with Crippen molar-refractivity contribution in [2.45, 2.75) is 0 Å². The average molecular weight is 527 g/mol.